The van der Waals surface area contributed by atoms with Crippen molar-refractivity contribution in [2.45, 2.75) is 65.0 Å². The van der Waals surface area contributed by atoms with Crippen LogP contribution in [0.5, 0.6) is 0 Å². The van der Waals surface area contributed by atoms with Gasteiger partial charge in [0.15, 0.2) is 0 Å². The molecule has 2 aliphatic rings. The van der Waals surface area contributed by atoms with Crippen LogP contribution in [0.25, 0.3) is 0 Å². The second-order valence-electron chi connectivity index (χ2n) is 9.02. The highest BCUT2D eigenvalue weighted by atomic mass is 79.9. The molecule has 0 radical (unpaired) electrons. The fourth-order valence-electron chi connectivity index (χ4n) is 4.46. The summed E-state index contributed by atoms with van der Waals surface area (Å²) in [4.78, 5) is 25.1. The molecular weight excluding hydrogens is 456 g/mol. The van der Waals surface area contributed by atoms with Crippen LogP contribution in [0.15, 0.2) is 28.7 Å². The van der Waals surface area contributed by atoms with E-state index in [-0.39, 0.29) is 5.60 Å². The minimum atomic E-state index is -0.0588. The number of hydrogen-bond donors (Lipinski definition) is 0. The van der Waals surface area contributed by atoms with Crippen molar-refractivity contribution >= 4 is 27.6 Å². The van der Waals surface area contributed by atoms with Crippen molar-refractivity contribution in [2.75, 3.05) is 31.1 Å². The summed E-state index contributed by atoms with van der Waals surface area (Å²) >= 11 is 3.77. The average Bonchev–Trinajstić information content (AvgIpc) is 3.19. The number of likely N-dealkylation sites (tertiary alicyclic amines) is 1. The van der Waals surface area contributed by atoms with Crippen molar-refractivity contribution in [2.24, 2.45) is 0 Å². The average molecular weight is 489 g/mol. The molecule has 1 aromatic carbocycles. The number of nitrogens with zero attached hydrogens (tertiary/aromatic N) is 4. The number of anilines is 2. The summed E-state index contributed by atoms with van der Waals surface area (Å²) in [6.07, 6.45) is 3.04. The number of benzene rings is 1. The summed E-state index contributed by atoms with van der Waals surface area (Å²) in [5.74, 6) is 1.25. The van der Waals surface area contributed by atoms with Crippen LogP contribution in [-0.4, -0.2) is 46.7 Å². The summed E-state index contributed by atoms with van der Waals surface area (Å²) in [6.45, 7) is 13.0. The smallest absolute Gasteiger partial charge is 0.230 e. The first-order valence-electron chi connectivity index (χ1n) is 11.3. The summed E-state index contributed by atoms with van der Waals surface area (Å²) in [5.41, 5.74) is 4.42. The molecule has 0 amide bonds. The Morgan fingerprint density at radius 2 is 1.94 bits per heavy atom. The van der Waals surface area contributed by atoms with E-state index in [2.05, 4.69) is 70.8 Å². The van der Waals surface area contributed by atoms with Gasteiger partial charge >= 0.3 is 0 Å². The Morgan fingerprint density at radius 1 is 1.16 bits per heavy atom. The molecule has 7 heteroatoms. The molecule has 0 N–H and O–H groups in total. The third-order valence-electron chi connectivity index (χ3n) is 6.41. The highest BCUT2D eigenvalue weighted by Crippen LogP contribution is 2.35. The molecule has 2 fully saturated rings. The van der Waals surface area contributed by atoms with Crippen LogP contribution in [0.4, 0.5) is 11.6 Å². The molecule has 31 heavy (non-hydrogen) atoms. The lowest BCUT2D eigenvalue weighted by molar-refractivity contribution is -0.316. The zero-order chi connectivity index (χ0) is 22.0. The second kappa shape index (κ2) is 9.53. The van der Waals surface area contributed by atoms with Gasteiger partial charge in [0.1, 0.15) is 5.60 Å². The Balaban J connectivity index is 1.51. The molecule has 1 aromatic heterocycles. The number of halogens is 1. The van der Waals surface area contributed by atoms with Crippen LogP contribution < -0.4 is 4.90 Å². The molecule has 0 atom stereocenters. The van der Waals surface area contributed by atoms with Crippen molar-refractivity contribution in [3.63, 3.8) is 0 Å². The number of aryl methyl sites for hydroxylation is 1. The van der Waals surface area contributed by atoms with E-state index in [4.69, 9.17) is 19.7 Å². The third-order valence-corrected chi connectivity index (χ3v) is 7.05. The van der Waals surface area contributed by atoms with Gasteiger partial charge in [0, 0.05) is 42.8 Å². The van der Waals surface area contributed by atoms with Crippen LogP contribution in [-0.2, 0) is 16.3 Å². The summed E-state index contributed by atoms with van der Waals surface area (Å²) in [5, 5.41) is 0. The molecular formula is C24H33BrN4O2. The maximum Gasteiger partial charge on any atom is 0.230 e. The lowest BCUT2D eigenvalue weighted by Gasteiger charge is -2.36. The molecule has 1 spiro atoms. The van der Waals surface area contributed by atoms with E-state index >= 15 is 0 Å². The molecule has 0 saturated carbocycles. The van der Waals surface area contributed by atoms with Crippen molar-refractivity contribution in [1.82, 2.24) is 14.9 Å². The summed E-state index contributed by atoms with van der Waals surface area (Å²) in [6, 6.07) is 8.68. The topological polar surface area (TPSA) is 50.7 Å². The van der Waals surface area contributed by atoms with Gasteiger partial charge < -0.3 is 4.90 Å². The molecule has 4 rings (SSSR count). The van der Waals surface area contributed by atoms with E-state index in [1.807, 2.05) is 6.92 Å². The quantitative estimate of drug-likeness (QED) is 0.499. The van der Waals surface area contributed by atoms with Crippen LogP contribution in [0.3, 0.4) is 0 Å². The number of piperidine rings is 1. The van der Waals surface area contributed by atoms with Crippen LogP contribution in [0.2, 0.25) is 0 Å². The Morgan fingerprint density at radius 3 is 2.55 bits per heavy atom. The van der Waals surface area contributed by atoms with Crippen molar-refractivity contribution in [3.05, 3.63) is 45.7 Å². The van der Waals surface area contributed by atoms with Crippen molar-refractivity contribution in [1.29, 1.82) is 0 Å². The van der Waals surface area contributed by atoms with Gasteiger partial charge in [-0.05, 0) is 72.3 Å². The SMILES string of the molecule is CCN(c1nc(C)cc(CN2CCC3(CCOO3)CC2)n1)c1ccc(C(C)C)cc1Br. The molecule has 0 bridgehead atoms. The molecule has 2 aliphatic heterocycles. The van der Waals surface area contributed by atoms with Gasteiger partial charge in [-0.25, -0.2) is 19.7 Å². The first-order chi connectivity index (χ1) is 14.9. The lowest BCUT2D eigenvalue weighted by atomic mass is 9.89. The zero-order valence-electron chi connectivity index (χ0n) is 19.0. The van der Waals surface area contributed by atoms with E-state index < -0.39 is 0 Å². The predicted octanol–water partition coefficient (Wildman–Crippen LogP) is 5.52. The molecule has 2 aromatic rings. The first kappa shape index (κ1) is 22.6. The normalized spacial score (nSPS) is 18.8. The Hall–Kier alpha value is -1.54. The lowest BCUT2D eigenvalue weighted by Crippen LogP contribution is -2.43. The van der Waals surface area contributed by atoms with Gasteiger partial charge in [0.2, 0.25) is 5.95 Å². The zero-order valence-corrected chi connectivity index (χ0v) is 20.6. The van der Waals surface area contributed by atoms with Crippen LogP contribution in [0.1, 0.15) is 62.9 Å². The van der Waals surface area contributed by atoms with Gasteiger partial charge in [-0.1, -0.05) is 19.9 Å². The first-order valence-corrected chi connectivity index (χ1v) is 12.1. The van der Waals surface area contributed by atoms with E-state index in [0.717, 1.165) is 79.5 Å². The van der Waals surface area contributed by atoms with Gasteiger partial charge in [-0.15, -0.1) is 0 Å². The van der Waals surface area contributed by atoms with Gasteiger partial charge in [-0.2, -0.15) is 0 Å². The molecule has 0 aliphatic carbocycles. The molecule has 6 nitrogen and oxygen atoms in total. The number of rotatable bonds is 6. The predicted molar refractivity (Wildman–Crippen MR) is 127 cm³/mol. The number of hydrogen-bond acceptors (Lipinski definition) is 6. The van der Waals surface area contributed by atoms with Crippen molar-refractivity contribution < 1.29 is 9.78 Å². The highest BCUT2D eigenvalue weighted by Gasteiger charge is 2.40. The van der Waals surface area contributed by atoms with Crippen LogP contribution >= 0.6 is 15.9 Å². The fraction of sp³-hybridized carbons (Fsp3) is 0.583. The van der Waals surface area contributed by atoms with E-state index in [0.29, 0.717) is 5.92 Å². The monoisotopic (exact) mass is 488 g/mol. The third kappa shape index (κ3) is 5.11. The van der Waals surface area contributed by atoms with Gasteiger partial charge in [0.25, 0.3) is 0 Å². The van der Waals surface area contributed by atoms with Gasteiger partial charge in [-0.3, -0.25) is 4.90 Å². The minimum Gasteiger partial charge on any atom is -0.310 e. The fourth-order valence-corrected chi connectivity index (χ4v) is 5.07. The van der Waals surface area contributed by atoms with E-state index in [1.165, 1.54) is 5.56 Å². The summed E-state index contributed by atoms with van der Waals surface area (Å²) < 4.78 is 1.08. The largest absolute Gasteiger partial charge is 0.310 e. The maximum absolute atomic E-state index is 5.58. The van der Waals surface area contributed by atoms with E-state index in [1.54, 1.807) is 0 Å². The second-order valence-corrected chi connectivity index (χ2v) is 9.88. The molecule has 3 heterocycles. The molecule has 2 saturated heterocycles. The maximum atomic E-state index is 5.58. The Labute approximate surface area is 194 Å². The Kier molecular flexibility index (Phi) is 6.96. The summed E-state index contributed by atoms with van der Waals surface area (Å²) in [7, 11) is 0. The van der Waals surface area contributed by atoms with Crippen molar-refractivity contribution in [3.8, 4) is 0 Å². The van der Waals surface area contributed by atoms with E-state index in [9.17, 15) is 0 Å². The van der Waals surface area contributed by atoms with Crippen LogP contribution in [0, 0.1) is 6.92 Å². The van der Waals surface area contributed by atoms with Gasteiger partial charge in [0.05, 0.1) is 18.0 Å². The minimum absolute atomic E-state index is 0.0588. The standard InChI is InChI=1S/C24H33BrN4O2/c1-5-29(22-7-6-19(17(2)3)15-21(22)25)23-26-18(4)14-20(27-23)16-28-11-8-24(9-12-28)10-13-30-31-24/h6-7,14-15,17H,5,8-13,16H2,1-4H3. The number of aromatic nitrogens is 2. The highest BCUT2D eigenvalue weighted by molar-refractivity contribution is 9.10. The molecule has 0 unspecified atom stereocenters. The molecule has 168 valence electrons. The Bertz CT molecular complexity index is 904.